The molecule has 0 spiro atoms. The van der Waals surface area contributed by atoms with Crippen molar-refractivity contribution in [2.75, 3.05) is 24.4 Å². The van der Waals surface area contributed by atoms with Crippen LogP contribution in [0.25, 0.3) is 0 Å². The van der Waals surface area contributed by atoms with Crippen LogP contribution in [0.15, 0.2) is 53.6 Å². The van der Waals surface area contributed by atoms with Crippen molar-refractivity contribution in [1.82, 2.24) is 5.43 Å². The normalized spacial score (nSPS) is 10.7. The van der Waals surface area contributed by atoms with Crippen molar-refractivity contribution in [3.8, 4) is 11.5 Å². The van der Waals surface area contributed by atoms with E-state index in [0.29, 0.717) is 28.6 Å². The highest BCUT2D eigenvalue weighted by atomic mass is 16.5. The molecule has 158 valence electrons. The molecule has 2 aromatic carbocycles. The number of hydrazone groups is 1. The van der Waals surface area contributed by atoms with Crippen LogP contribution >= 0.6 is 0 Å². The first-order chi connectivity index (χ1) is 14.4. The average molecular weight is 412 g/mol. The third-order valence-electron chi connectivity index (χ3n) is 3.71. The number of nitrogens with one attached hydrogen (secondary N) is 3. The number of amides is 3. The summed E-state index contributed by atoms with van der Waals surface area (Å²) in [5.41, 5.74) is 3.72. The van der Waals surface area contributed by atoms with Gasteiger partial charge in [0, 0.05) is 18.7 Å². The van der Waals surface area contributed by atoms with Crippen molar-refractivity contribution >= 4 is 34.8 Å². The van der Waals surface area contributed by atoms with E-state index in [9.17, 15) is 14.4 Å². The Morgan fingerprint density at radius 2 is 1.57 bits per heavy atom. The lowest BCUT2D eigenvalue weighted by atomic mass is 10.2. The molecular weight excluding hydrogens is 388 g/mol. The monoisotopic (exact) mass is 412 g/mol. The molecule has 30 heavy (non-hydrogen) atoms. The van der Waals surface area contributed by atoms with Gasteiger partial charge < -0.3 is 20.1 Å². The van der Waals surface area contributed by atoms with Gasteiger partial charge in [-0.1, -0.05) is 18.2 Å². The summed E-state index contributed by atoms with van der Waals surface area (Å²) in [6.45, 7) is 2.76. The first-order valence-corrected chi connectivity index (χ1v) is 9.12. The summed E-state index contributed by atoms with van der Waals surface area (Å²) in [6.07, 6.45) is -0.0363. The minimum atomic E-state index is -0.464. The first-order valence-electron chi connectivity index (χ1n) is 9.12. The van der Waals surface area contributed by atoms with Crippen LogP contribution in [0.2, 0.25) is 0 Å². The fourth-order valence-electron chi connectivity index (χ4n) is 2.39. The Morgan fingerprint density at radius 3 is 2.23 bits per heavy atom. The Labute approximate surface area is 174 Å². The number of nitrogens with zero attached hydrogens (tertiary/aromatic N) is 1. The summed E-state index contributed by atoms with van der Waals surface area (Å²) < 4.78 is 10.5. The van der Waals surface area contributed by atoms with Gasteiger partial charge in [0.2, 0.25) is 11.8 Å². The Kier molecular flexibility index (Phi) is 8.37. The highest BCUT2D eigenvalue weighted by Crippen LogP contribution is 2.21. The van der Waals surface area contributed by atoms with Crippen molar-refractivity contribution < 1.29 is 23.9 Å². The van der Waals surface area contributed by atoms with E-state index in [1.54, 1.807) is 55.5 Å². The third kappa shape index (κ3) is 7.63. The number of hydrogen-bond acceptors (Lipinski definition) is 6. The maximum atomic E-state index is 12.2. The largest absolute Gasteiger partial charge is 0.497 e. The highest BCUT2D eigenvalue weighted by Gasteiger charge is 2.09. The van der Waals surface area contributed by atoms with E-state index in [2.05, 4.69) is 21.2 Å². The van der Waals surface area contributed by atoms with E-state index in [0.717, 1.165) is 0 Å². The predicted octanol–water partition coefficient (Wildman–Crippen LogP) is 2.55. The van der Waals surface area contributed by atoms with Crippen molar-refractivity contribution in [3.63, 3.8) is 0 Å². The van der Waals surface area contributed by atoms with E-state index < -0.39 is 5.91 Å². The topological polar surface area (TPSA) is 118 Å². The van der Waals surface area contributed by atoms with Crippen LogP contribution in [0.3, 0.4) is 0 Å². The molecule has 9 nitrogen and oxygen atoms in total. The molecule has 0 unspecified atom stereocenters. The smallest absolute Gasteiger partial charge is 0.277 e. The Hall–Kier alpha value is -3.88. The summed E-state index contributed by atoms with van der Waals surface area (Å²) >= 11 is 0. The standard InChI is InChI=1S/C21H24N4O5/c1-14(11-20(27)23-19-10-5-4-9-18(19)22-15(2)26)24-25-21(28)13-30-17-8-6-7-16(12-17)29-3/h4-10,12H,11,13H2,1-3H3,(H,22,26)(H,23,27)(H,25,28)/b24-14+. The summed E-state index contributed by atoms with van der Waals surface area (Å²) in [7, 11) is 1.54. The van der Waals surface area contributed by atoms with E-state index in [1.165, 1.54) is 14.0 Å². The Balaban J connectivity index is 1.82. The third-order valence-corrected chi connectivity index (χ3v) is 3.71. The van der Waals surface area contributed by atoms with Crippen LogP contribution in [0.5, 0.6) is 11.5 Å². The van der Waals surface area contributed by atoms with Crippen molar-refractivity contribution in [1.29, 1.82) is 0 Å². The molecule has 3 amide bonds. The lowest BCUT2D eigenvalue weighted by Crippen LogP contribution is -2.26. The molecule has 0 atom stereocenters. The zero-order valence-electron chi connectivity index (χ0n) is 17.0. The number of methoxy groups -OCH3 is 1. The number of hydrogen-bond donors (Lipinski definition) is 3. The SMILES string of the molecule is COc1cccc(OCC(=O)N/N=C(\C)CC(=O)Nc2ccccc2NC(C)=O)c1. The fraction of sp³-hybridized carbons (Fsp3) is 0.238. The molecule has 0 aromatic heterocycles. The molecule has 0 heterocycles. The summed E-state index contributed by atoms with van der Waals surface area (Å²) in [4.78, 5) is 35.4. The second kappa shape index (κ2) is 11.2. The summed E-state index contributed by atoms with van der Waals surface area (Å²) in [5, 5.41) is 9.26. The number of benzene rings is 2. The van der Waals surface area contributed by atoms with Gasteiger partial charge in [-0.2, -0.15) is 5.10 Å². The van der Waals surface area contributed by atoms with Crippen molar-refractivity contribution in [2.45, 2.75) is 20.3 Å². The molecule has 0 aliphatic carbocycles. The minimum absolute atomic E-state index is 0.0363. The minimum Gasteiger partial charge on any atom is -0.497 e. The van der Waals surface area contributed by atoms with E-state index in [1.807, 2.05) is 0 Å². The lowest BCUT2D eigenvalue weighted by Gasteiger charge is -2.11. The summed E-state index contributed by atoms with van der Waals surface area (Å²) in [6, 6.07) is 13.7. The average Bonchev–Trinajstić information content (AvgIpc) is 2.72. The zero-order valence-corrected chi connectivity index (χ0v) is 17.0. The van der Waals surface area contributed by atoms with Crippen LogP contribution in [0.1, 0.15) is 20.3 Å². The van der Waals surface area contributed by atoms with E-state index >= 15 is 0 Å². The van der Waals surface area contributed by atoms with Gasteiger partial charge in [-0.3, -0.25) is 14.4 Å². The zero-order chi connectivity index (χ0) is 21.9. The number of para-hydroxylation sites is 2. The quantitative estimate of drug-likeness (QED) is 0.432. The van der Waals surface area contributed by atoms with Gasteiger partial charge >= 0.3 is 0 Å². The number of carbonyl (C=O) groups is 3. The molecule has 0 radical (unpaired) electrons. The van der Waals surface area contributed by atoms with Gasteiger partial charge in [0.15, 0.2) is 6.61 Å². The fourth-order valence-corrected chi connectivity index (χ4v) is 2.39. The van der Waals surface area contributed by atoms with Crippen molar-refractivity contribution in [3.05, 3.63) is 48.5 Å². The second-order valence-corrected chi connectivity index (χ2v) is 6.30. The molecular formula is C21H24N4O5. The Morgan fingerprint density at radius 1 is 0.900 bits per heavy atom. The molecule has 0 fully saturated rings. The maximum Gasteiger partial charge on any atom is 0.277 e. The molecule has 3 N–H and O–H groups in total. The number of anilines is 2. The lowest BCUT2D eigenvalue weighted by molar-refractivity contribution is -0.123. The van der Waals surface area contributed by atoms with Crippen LogP contribution in [-0.4, -0.2) is 37.1 Å². The number of rotatable bonds is 9. The van der Waals surface area contributed by atoms with Crippen LogP contribution in [-0.2, 0) is 14.4 Å². The van der Waals surface area contributed by atoms with Crippen molar-refractivity contribution in [2.24, 2.45) is 5.10 Å². The van der Waals surface area contributed by atoms with Crippen LogP contribution in [0.4, 0.5) is 11.4 Å². The summed E-state index contributed by atoms with van der Waals surface area (Å²) in [5.74, 6) is 0.0631. The molecule has 0 saturated heterocycles. The maximum absolute atomic E-state index is 12.2. The van der Waals surface area contributed by atoms with Gasteiger partial charge in [0.1, 0.15) is 11.5 Å². The van der Waals surface area contributed by atoms with Gasteiger partial charge in [-0.25, -0.2) is 5.43 Å². The van der Waals surface area contributed by atoms with Gasteiger partial charge in [0.05, 0.1) is 24.9 Å². The molecule has 0 aliphatic heterocycles. The molecule has 0 bridgehead atoms. The molecule has 2 aromatic rings. The number of carbonyl (C=O) groups excluding carboxylic acids is 3. The van der Waals surface area contributed by atoms with Gasteiger partial charge in [-0.05, 0) is 31.2 Å². The van der Waals surface area contributed by atoms with E-state index in [4.69, 9.17) is 9.47 Å². The molecule has 0 aliphatic rings. The first kappa shape index (κ1) is 22.4. The Bertz CT molecular complexity index is 942. The van der Waals surface area contributed by atoms with E-state index in [-0.39, 0.29) is 24.8 Å². The van der Waals surface area contributed by atoms with Crippen LogP contribution in [0, 0.1) is 0 Å². The molecule has 2 rings (SSSR count). The van der Waals surface area contributed by atoms with Gasteiger partial charge in [-0.15, -0.1) is 0 Å². The van der Waals surface area contributed by atoms with Crippen LogP contribution < -0.4 is 25.5 Å². The number of ether oxygens (including phenoxy) is 2. The second-order valence-electron chi connectivity index (χ2n) is 6.30. The van der Waals surface area contributed by atoms with Gasteiger partial charge in [0.25, 0.3) is 5.91 Å². The predicted molar refractivity (Wildman–Crippen MR) is 114 cm³/mol. The molecule has 0 saturated carbocycles. The molecule has 9 heteroatoms. The highest BCUT2D eigenvalue weighted by molar-refractivity contribution is 6.07.